The van der Waals surface area contributed by atoms with E-state index in [0.29, 0.717) is 5.56 Å². The minimum Gasteiger partial charge on any atom is -0.316 e. The Hall–Kier alpha value is -0.740. The smallest absolute Gasteiger partial charge is 0.316 e. The summed E-state index contributed by atoms with van der Waals surface area (Å²) in [5.41, 5.74) is 5.65. The molecule has 0 aliphatic carbocycles. The maximum absolute atomic E-state index is 12.3. The van der Waals surface area contributed by atoms with Crippen LogP contribution < -0.4 is 5.73 Å². The molecule has 5 heteroatoms. The van der Waals surface area contributed by atoms with Crippen LogP contribution in [0.1, 0.15) is 17.2 Å². The molecule has 0 aliphatic heterocycles. The molecule has 0 radical (unpaired) electrons. The molecule has 0 saturated carbocycles. The van der Waals surface area contributed by atoms with Crippen molar-refractivity contribution >= 4 is 11.6 Å². The van der Waals surface area contributed by atoms with Crippen LogP contribution in [0.3, 0.4) is 0 Å². The zero-order valence-corrected chi connectivity index (χ0v) is 8.15. The maximum Gasteiger partial charge on any atom is 0.407 e. The molecular weight excluding hydrogens is 215 g/mol. The van der Waals surface area contributed by atoms with Gasteiger partial charge in [0.25, 0.3) is 0 Å². The van der Waals surface area contributed by atoms with Crippen molar-refractivity contribution in [3.8, 4) is 0 Å². The molecule has 0 spiro atoms. The van der Waals surface area contributed by atoms with E-state index < -0.39 is 12.2 Å². The Balaban J connectivity index is 3.12. The fraction of sp³-hybridized carbons (Fsp3) is 0.333. The van der Waals surface area contributed by atoms with Gasteiger partial charge >= 0.3 is 6.18 Å². The summed E-state index contributed by atoms with van der Waals surface area (Å²) in [6, 6.07) is 2.38. The van der Waals surface area contributed by atoms with Gasteiger partial charge in [0.15, 0.2) is 0 Å². The number of hydrogen-bond acceptors (Lipinski definition) is 1. The molecule has 0 fully saturated rings. The van der Waals surface area contributed by atoms with Crippen LogP contribution in [-0.2, 0) is 0 Å². The predicted octanol–water partition coefficient (Wildman–Crippen LogP) is 3.21. The fourth-order valence-electron chi connectivity index (χ4n) is 1.08. The van der Waals surface area contributed by atoms with Gasteiger partial charge in [0.1, 0.15) is 6.04 Å². The van der Waals surface area contributed by atoms with Gasteiger partial charge in [-0.2, -0.15) is 13.2 Å². The largest absolute Gasteiger partial charge is 0.407 e. The number of nitrogens with two attached hydrogens (primary N) is 1. The Kier molecular flexibility index (Phi) is 3.07. The average molecular weight is 224 g/mol. The first kappa shape index (κ1) is 11.3. The predicted molar refractivity (Wildman–Crippen MR) is 49.2 cm³/mol. The van der Waals surface area contributed by atoms with Gasteiger partial charge in [-0.1, -0.05) is 29.3 Å². The zero-order chi connectivity index (χ0) is 10.9. The summed E-state index contributed by atoms with van der Waals surface area (Å²) < 4.78 is 36.8. The number of aryl methyl sites for hydroxylation is 1. The van der Waals surface area contributed by atoms with Gasteiger partial charge < -0.3 is 5.73 Å². The third-order valence-electron chi connectivity index (χ3n) is 1.84. The second kappa shape index (κ2) is 3.79. The molecule has 0 saturated heterocycles. The number of benzene rings is 1. The number of hydrogen-bond donors (Lipinski definition) is 1. The topological polar surface area (TPSA) is 26.0 Å². The lowest BCUT2D eigenvalue weighted by atomic mass is 10.0. The van der Waals surface area contributed by atoms with E-state index in [1.54, 1.807) is 13.0 Å². The van der Waals surface area contributed by atoms with E-state index in [-0.39, 0.29) is 10.6 Å². The lowest BCUT2D eigenvalue weighted by Crippen LogP contribution is -2.28. The Morgan fingerprint density at radius 1 is 1.36 bits per heavy atom. The van der Waals surface area contributed by atoms with Gasteiger partial charge in [0.05, 0.1) is 0 Å². The van der Waals surface area contributed by atoms with E-state index in [4.69, 9.17) is 17.3 Å². The molecule has 14 heavy (non-hydrogen) atoms. The highest BCUT2D eigenvalue weighted by molar-refractivity contribution is 6.31. The first-order valence-corrected chi connectivity index (χ1v) is 4.28. The molecule has 0 bridgehead atoms. The minimum atomic E-state index is -4.46. The van der Waals surface area contributed by atoms with E-state index in [9.17, 15) is 13.2 Å². The first-order valence-electron chi connectivity index (χ1n) is 3.90. The van der Waals surface area contributed by atoms with Gasteiger partial charge in [0, 0.05) is 5.02 Å². The van der Waals surface area contributed by atoms with Gasteiger partial charge in [0.2, 0.25) is 0 Å². The minimum absolute atomic E-state index is 0.0421. The van der Waals surface area contributed by atoms with E-state index >= 15 is 0 Å². The standard InChI is InChI=1S/C9H9ClF3N/c1-5-2-3-7(10)6(4-5)8(14)9(11,12)13/h2-4,8H,14H2,1H3/t8-/m1/s1. The molecule has 1 rings (SSSR count). The molecule has 0 unspecified atom stereocenters. The van der Waals surface area contributed by atoms with Crippen molar-refractivity contribution in [2.24, 2.45) is 5.73 Å². The monoisotopic (exact) mass is 223 g/mol. The van der Waals surface area contributed by atoms with E-state index in [1.807, 2.05) is 0 Å². The second-order valence-corrected chi connectivity index (χ2v) is 3.45. The first-order chi connectivity index (χ1) is 6.32. The molecule has 1 aromatic carbocycles. The number of alkyl halides is 3. The van der Waals surface area contributed by atoms with Crippen molar-refractivity contribution in [3.05, 3.63) is 34.3 Å². The second-order valence-electron chi connectivity index (χ2n) is 3.04. The van der Waals surface area contributed by atoms with Gasteiger partial charge in [-0.15, -0.1) is 0 Å². The molecule has 2 N–H and O–H groups in total. The average Bonchev–Trinajstić information content (AvgIpc) is 2.06. The third-order valence-corrected chi connectivity index (χ3v) is 2.18. The fourth-order valence-corrected chi connectivity index (χ4v) is 1.31. The highest BCUT2D eigenvalue weighted by Crippen LogP contribution is 2.34. The van der Waals surface area contributed by atoms with Gasteiger partial charge in [-0.3, -0.25) is 0 Å². The van der Waals surface area contributed by atoms with E-state index in [0.717, 1.165) is 0 Å². The van der Waals surface area contributed by atoms with Crippen LogP contribution in [0.2, 0.25) is 5.02 Å². The van der Waals surface area contributed by atoms with Crippen molar-refractivity contribution in [1.29, 1.82) is 0 Å². The molecule has 1 atom stereocenters. The van der Waals surface area contributed by atoms with Crippen LogP contribution in [0.5, 0.6) is 0 Å². The Bertz CT molecular complexity index is 335. The molecular formula is C9H9ClF3N. The SMILES string of the molecule is Cc1ccc(Cl)c([C@@H](N)C(F)(F)F)c1. The highest BCUT2D eigenvalue weighted by Gasteiger charge is 2.38. The quantitative estimate of drug-likeness (QED) is 0.777. The Morgan fingerprint density at radius 2 is 1.93 bits per heavy atom. The maximum atomic E-state index is 12.3. The molecule has 0 aliphatic rings. The van der Waals surface area contributed by atoms with Crippen molar-refractivity contribution < 1.29 is 13.2 Å². The molecule has 1 aromatic rings. The zero-order valence-electron chi connectivity index (χ0n) is 7.40. The summed E-state index contributed by atoms with van der Waals surface area (Å²) in [5.74, 6) is 0. The van der Waals surface area contributed by atoms with Crippen LogP contribution >= 0.6 is 11.6 Å². The van der Waals surface area contributed by atoms with Gasteiger partial charge in [-0.05, 0) is 18.6 Å². The lowest BCUT2D eigenvalue weighted by molar-refractivity contribution is -0.149. The van der Waals surface area contributed by atoms with Crippen molar-refractivity contribution in [2.75, 3.05) is 0 Å². The summed E-state index contributed by atoms with van der Waals surface area (Å²) in [4.78, 5) is 0. The highest BCUT2D eigenvalue weighted by atomic mass is 35.5. The number of rotatable bonds is 1. The van der Waals surface area contributed by atoms with E-state index in [2.05, 4.69) is 0 Å². The summed E-state index contributed by atoms with van der Waals surface area (Å²) in [6.45, 7) is 1.68. The summed E-state index contributed by atoms with van der Waals surface area (Å²) in [6.07, 6.45) is -4.46. The molecule has 0 heterocycles. The Morgan fingerprint density at radius 3 is 2.43 bits per heavy atom. The lowest BCUT2D eigenvalue weighted by Gasteiger charge is -2.17. The van der Waals surface area contributed by atoms with Crippen LogP contribution in [0, 0.1) is 6.92 Å². The van der Waals surface area contributed by atoms with Crippen molar-refractivity contribution in [1.82, 2.24) is 0 Å². The Labute approximate surface area is 84.7 Å². The van der Waals surface area contributed by atoms with E-state index in [1.165, 1.54) is 12.1 Å². The molecule has 78 valence electrons. The van der Waals surface area contributed by atoms with Crippen LogP contribution in [0.15, 0.2) is 18.2 Å². The normalized spacial score (nSPS) is 14.1. The molecule has 0 aromatic heterocycles. The molecule has 0 amide bonds. The summed E-state index contributed by atoms with van der Waals surface area (Å²) in [7, 11) is 0. The van der Waals surface area contributed by atoms with Crippen LogP contribution in [-0.4, -0.2) is 6.18 Å². The van der Waals surface area contributed by atoms with Crippen LogP contribution in [0.25, 0.3) is 0 Å². The van der Waals surface area contributed by atoms with Gasteiger partial charge in [-0.25, -0.2) is 0 Å². The van der Waals surface area contributed by atoms with Crippen LogP contribution in [0.4, 0.5) is 13.2 Å². The summed E-state index contributed by atoms with van der Waals surface area (Å²) in [5, 5.41) is 0.0421. The molecule has 1 nitrogen and oxygen atoms in total. The van der Waals surface area contributed by atoms with Crippen molar-refractivity contribution in [2.45, 2.75) is 19.1 Å². The summed E-state index contributed by atoms with van der Waals surface area (Å²) >= 11 is 5.62. The third kappa shape index (κ3) is 2.39. The van der Waals surface area contributed by atoms with Crippen molar-refractivity contribution in [3.63, 3.8) is 0 Å². The number of halogens is 4.